The van der Waals surface area contributed by atoms with Crippen molar-refractivity contribution in [3.63, 3.8) is 0 Å². The summed E-state index contributed by atoms with van der Waals surface area (Å²) in [7, 11) is -2.38. The standard InChI is InChI=1S/C28H41FN7O7P/c1-6-23(36-16-31-24-25(35(5)19-12-13-19)32-28(30)33-26(24)36)42-22(21(37)14-29)15-40-44(39,43-20-10-8-7-9-11-20)34-18(4)27(38)41-17(2)3/h7-11,16-19,21-23,37H,6,12-15H2,1-5H3,(H,34,39)(H2,30,32,33)/t18-,21+,22-,23-,44?/m1/s1. The third-order valence-electron chi connectivity index (χ3n) is 6.86. The number of imidazole rings is 1. The number of ether oxygens (including phenoxy) is 2. The van der Waals surface area contributed by atoms with Crippen molar-refractivity contribution in [1.82, 2.24) is 24.6 Å². The van der Waals surface area contributed by atoms with Crippen LogP contribution in [0.5, 0.6) is 5.75 Å². The van der Waals surface area contributed by atoms with E-state index in [-0.39, 0.29) is 11.7 Å². The van der Waals surface area contributed by atoms with Crippen molar-refractivity contribution in [2.24, 2.45) is 0 Å². The zero-order valence-electron chi connectivity index (χ0n) is 25.5. The van der Waals surface area contributed by atoms with E-state index >= 15 is 0 Å². The largest absolute Gasteiger partial charge is 0.462 e. The summed E-state index contributed by atoms with van der Waals surface area (Å²) in [5, 5.41) is 13.1. The summed E-state index contributed by atoms with van der Waals surface area (Å²) in [6, 6.07) is 7.44. The van der Waals surface area contributed by atoms with Gasteiger partial charge in [0.1, 0.15) is 36.9 Å². The first-order chi connectivity index (χ1) is 20.9. The molecule has 1 unspecified atom stereocenters. The topological polar surface area (TPSA) is 176 Å². The quantitative estimate of drug-likeness (QED) is 0.144. The van der Waals surface area contributed by atoms with Gasteiger partial charge in [-0.1, -0.05) is 25.1 Å². The SMILES string of the molecule is CC[C@@H](O[C@H](COP(=O)(N[C@H](C)C(=O)OC(C)C)Oc1ccccc1)[C@@H](O)CF)n1cnc2c(N(C)C3CC3)nc(N)nc21. The van der Waals surface area contributed by atoms with Gasteiger partial charge in [0.05, 0.1) is 19.0 Å². The number of halogens is 1. The zero-order valence-corrected chi connectivity index (χ0v) is 26.4. The van der Waals surface area contributed by atoms with Gasteiger partial charge in [-0.2, -0.15) is 15.1 Å². The molecule has 5 atom stereocenters. The summed E-state index contributed by atoms with van der Waals surface area (Å²) < 4.78 is 52.1. The maximum Gasteiger partial charge on any atom is 0.459 e. The molecule has 3 aromatic rings. The first-order valence-electron chi connectivity index (χ1n) is 14.5. The van der Waals surface area contributed by atoms with E-state index in [9.17, 15) is 18.9 Å². The number of anilines is 2. The van der Waals surface area contributed by atoms with Crippen LogP contribution in [0.1, 0.15) is 53.2 Å². The van der Waals surface area contributed by atoms with E-state index in [0.29, 0.717) is 29.4 Å². The van der Waals surface area contributed by atoms with Crippen molar-refractivity contribution >= 4 is 36.6 Å². The fraction of sp³-hybridized carbons (Fsp3) is 0.571. The number of esters is 1. The van der Waals surface area contributed by atoms with Crippen molar-refractivity contribution in [2.75, 3.05) is 31.0 Å². The molecule has 1 aliphatic rings. The number of nitrogens with zero attached hydrogens (tertiary/aromatic N) is 5. The van der Waals surface area contributed by atoms with Gasteiger partial charge < -0.3 is 29.7 Å². The molecule has 1 aliphatic carbocycles. The molecule has 0 bridgehead atoms. The normalized spacial score (nSPS) is 17.5. The minimum absolute atomic E-state index is 0.0514. The van der Waals surface area contributed by atoms with Gasteiger partial charge >= 0.3 is 13.7 Å². The second-order valence-electron chi connectivity index (χ2n) is 10.9. The molecule has 4 rings (SSSR count). The summed E-state index contributed by atoms with van der Waals surface area (Å²) in [5.41, 5.74) is 6.96. The van der Waals surface area contributed by atoms with Gasteiger partial charge in [-0.05, 0) is 52.2 Å². The Morgan fingerprint density at radius 2 is 1.95 bits per heavy atom. The number of nitrogen functional groups attached to an aromatic ring is 1. The number of carbonyl (C=O) groups excluding carboxylic acids is 1. The van der Waals surface area contributed by atoms with Crippen LogP contribution in [0.3, 0.4) is 0 Å². The molecule has 14 nitrogen and oxygen atoms in total. The van der Waals surface area contributed by atoms with E-state index in [1.807, 2.05) is 18.9 Å². The average molecular weight is 638 g/mol. The Morgan fingerprint density at radius 3 is 2.57 bits per heavy atom. The first kappa shape index (κ1) is 33.5. The number of hydrogen-bond donors (Lipinski definition) is 3. The lowest BCUT2D eigenvalue weighted by Gasteiger charge is -2.29. The molecule has 16 heteroatoms. The molecule has 0 amide bonds. The van der Waals surface area contributed by atoms with Crippen LogP contribution >= 0.6 is 7.75 Å². The number of nitrogens with two attached hydrogens (primary N) is 1. The molecule has 44 heavy (non-hydrogen) atoms. The summed E-state index contributed by atoms with van der Waals surface area (Å²) in [4.78, 5) is 27.8. The van der Waals surface area contributed by atoms with Crippen LogP contribution in [0.25, 0.3) is 11.2 Å². The molecule has 1 saturated carbocycles. The van der Waals surface area contributed by atoms with Crippen molar-refractivity contribution in [3.05, 3.63) is 36.7 Å². The highest BCUT2D eigenvalue weighted by Gasteiger charge is 2.36. The number of nitrogens with one attached hydrogen (secondary N) is 1. The van der Waals surface area contributed by atoms with Crippen LogP contribution < -0.4 is 20.2 Å². The molecule has 1 aromatic carbocycles. The number of fused-ring (bicyclic) bond motifs is 1. The van der Waals surface area contributed by atoms with Crippen molar-refractivity contribution in [1.29, 1.82) is 0 Å². The number of aliphatic hydroxyl groups excluding tert-OH is 1. The molecule has 0 spiro atoms. The number of carbonyl (C=O) groups is 1. The van der Waals surface area contributed by atoms with E-state index in [0.717, 1.165) is 12.8 Å². The number of aliphatic hydroxyl groups is 1. The van der Waals surface area contributed by atoms with Gasteiger partial charge in [0.2, 0.25) is 5.95 Å². The number of benzene rings is 1. The van der Waals surface area contributed by atoms with Gasteiger partial charge in [0.25, 0.3) is 0 Å². The number of aromatic nitrogens is 4. The maximum atomic E-state index is 13.9. The molecule has 1 fully saturated rings. The lowest BCUT2D eigenvalue weighted by molar-refractivity contribution is -0.149. The molecule has 2 aromatic heterocycles. The lowest BCUT2D eigenvalue weighted by atomic mass is 10.2. The third kappa shape index (κ3) is 8.42. The molecular formula is C28H41FN7O7P. The highest BCUT2D eigenvalue weighted by atomic mass is 31.2. The van der Waals surface area contributed by atoms with E-state index in [1.165, 1.54) is 13.3 Å². The molecule has 4 N–H and O–H groups in total. The smallest absolute Gasteiger partial charge is 0.459 e. The van der Waals surface area contributed by atoms with Crippen LogP contribution in [-0.4, -0.2) is 81.3 Å². The van der Waals surface area contributed by atoms with Gasteiger partial charge in [-0.3, -0.25) is 13.9 Å². The molecule has 0 saturated heterocycles. The summed E-state index contributed by atoms with van der Waals surface area (Å²) >= 11 is 0. The minimum atomic E-state index is -4.30. The van der Waals surface area contributed by atoms with Crippen LogP contribution in [0.2, 0.25) is 0 Å². The molecular weight excluding hydrogens is 596 g/mol. The van der Waals surface area contributed by atoms with Crippen molar-refractivity contribution < 1.29 is 37.4 Å². The Labute approximate surface area is 255 Å². The van der Waals surface area contributed by atoms with Crippen LogP contribution in [-0.2, 0) is 23.4 Å². The van der Waals surface area contributed by atoms with Crippen LogP contribution in [0.15, 0.2) is 36.7 Å². The predicted octanol–water partition coefficient (Wildman–Crippen LogP) is 3.76. The highest BCUT2D eigenvalue weighted by Crippen LogP contribution is 2.45. The first-order valence-corrected chi connectivity index (χ1v) is 16.1. The summed E-state index contributed by atoms with van der Waals surface area (Å²) in [6.07, 6.45) is -0.225. The number of para-hydroxylation sites is 1. The Morgan fingerprint density at radius 1 is 1.25 bits per heavy atom. The highest BCUT2D eigenvalue weighted by molar-refractivity contribution is 7.52. The van der Waals surface area contributed by atoms with Gasteiger partial charge in [0.15, 0.2) is 17.0 Å². The summed E-state index contributed by atoms with van der Waals surface area (Å²) in [5.74, 6) is 0.151. The second-order valence-corrected chi connectivity index (χ2v) is 12.6. The van der Waals surface area contributed by atoms with Crippen LogP contribution in [0.4, 0.5) is 16.2 Å². The van der Waals surface area contributed by atoms with Gasteiger partial charge in [-0.15, -0.1) is 0 Å². The molecule has 0 radical (unpaired) electrons. The Hall–Kier alpha value is -3.36. The van der Waals surface area contributed by atoms with Crippen molar-refractivity contribution in [3.8, 4) is 5.75 Å². The Bertz CT molecular complexity index is 1440. The van der Waals surface area contributed by atoms with Gasteiger partial charge in [-0.25, -0.2) is 13.9 Å². The Balaban J connectivity index is 1.57. The molecule has 242 valence electrons. The number of rotatable bonds is 17. The van der Waals surface area contributed by atoms with E-state index in [4.69, 9.17) is 24.3 Å². The van der Waals surface area contributed by atoms with E-state index in [1.54, 1.807) is 48.7 Å². The van der Waals surface area contributed by atoms with Gasteiger partial charge in [0, 0.05) is 13.1 Å². The van der Waals surface area contributed by atoms with E-state index in [2.05, 4.69) is 20.0 Å². The fourth-order valence-corrected chi connectivity index (χ4v) is 5.92. The molecule has 2 heterocycles. The van der Waals surface area contributed by atoms with Crippen molar-refractivity contribution in [2.45, 2.75) is 83.6 Å². The Kier molecular flexibility index (Phi) is 11.1. The maximum absolute atomic E-state index is 13.9. The third-order valence-corrected chi connectivity index (χ3v) is 8.51. The van der Waals surface area contributed by atoms with Crippen LogP contribution in [0, 0.1) is 0 Å². The fourth-order valence-electron chi connectivity index (χ4n) is 4.42. The number of hydrogen-bond acceptors (Lipinski definition) is 12. The summed E-state index contributed by atoms with van der Waals surface area (Å²) in [6.45, 7) is 4.90. The predicted molar refractivity (Wildman–Crippen MR) is 162 cm³/mol. The lowest BCUT2D eigenvalue weighted by Crippen LogP contribution is -2.39. The minimum Gasteiger partial charge on any atom is -0.462 e. The zero-order chi connectivity index (χ0) is 32.0. The second kappa shape index (κ2) is 14.6. The van der Waals surface area contributed by atoms with E-state index < -0.39 is 57.6 Å². The monoisotopic (exact) mass is 637 g/mol. The average Bonchev–Trinajstić information content (AvgIpc) is 3.76. The molecule has 0 aliphatic heterocycles. The number of alkyl halides is 1.